The minimum absolute atomic E-state index is 0.661. The maximum absolute atomic E-state index is 2.37. The largest absolute Gasteiger partial charge is 0.0736 e. The second-order valence-electron chi connectivity index (χ2n) is 3.03. The molecule has 0 rings (SSSR count). The van der Waals surface area contributed by atoms with Gasteiger partial charge in [0, 0.05) is 9.52 Å². The third-order valence-corrected chi connectivity index (χ3v) is 3.53. The Kier molecular flexibility index (Phi) is 3.37. The van der Waals surface area contributed by atoms with Crippen LogP contribution in [0.1, 0.15) is 33.6 Å². The van der Waals surface area contributed by atoms with Gasteiger partial charge in [0.25, 0.3) is 0 Å². The van der Waals surface area contributed by atoms with Gasteiger partial charge >= 0.3 is 0 Å². The van der Waals surface area contributed by atoms with Crippen LogP contribution in [0.4, 0.5) is 0 Å². The van der Waals surface area contributed by atoms with E-state index >= 15 is 0 Å². The molecule has 8 heavy (non-hydrogen) atoms. The maximum Gasteiger partial charge on any atom is 0.0315 e. The number of rotatable bonds is 3. The zero-order valence-corrected chi connectivity index (χ0v) is 7.65. The van der Waals surface area contributed by atoms with Crippen molar-refractivity contribution in [1.82, 2.24) is 0 Å². The first-order valence-electron chi connectivity index (χ1n) is 3.43. The van der Waals surface area contributed by atoms with Crippen molar-refractivity contribution in [1.29, 1.82) is 0 Å². The molecule has 0 unspecified atom stereocenters. The van der Waals surface area contributed by atoms with E-state index in [0.717, 1.165) is 0 Å². The van der Waals surface area contributed by atoms with Crippen LogP contribution < -0.4 is 0 Å². The molecule has 0 saturated heterocycles. The van der Waals surface area contributed by atoms with Crippen LogP contribution in [0.2, 0.25) is 11.6 Å². The standard InChI is InChI=1S/C7H17Si/c1-5-6-7(2,3)8-4/h8H,5-6H2,1-4H3. The van der Waals surface area contributed by atoms with Crippen LogP contribution in [0.3, 0.4) is 0 Å². The first kappa shape index (κ1) is 8.22. The summed E-state index contributed by atoms with van der Waals surface area (Å²) >= 11 is 0. The predicted molar refractivity (Wildman–Crippen MR) is 42.0 cm³/mol. The molecule has 0 aliphatic rings. The van der Waals surface area contributed by atoms with E-state index in [1.807, 2.05) is 0 Å². The lowest BCUT2D eigenvalue weighted by Crippen LogP contribution is -2.08. The molecule has 0 nitrogen and oxygen atoms in total. The van der Waals surface area contributed by atoms with Crippen LogP contribution in [0.5, 0.6) is 0 Å². The lowest BCUT2D eigenvalue weighted by atomic mass is 10.1. The highest BCUT2D eigenvalue weighted by Crippen LogP contribution is 2.28. The van der Waals surface area contributed by atoms with Crippen LogP contribution in [0, 0.1) is 0 Å². The molecule has 0 spiro atoms. The van der Waals surface area contributed by atoms with Crippen molar-refractivity contribution in [2.45, 2.75) is 45.2 Å². The molecule has 0 aromatic rings. The SMILES string of the molecule is CCCC(C)(C)[SiH]C. The van der Waals surface area contributed by atoms with Gasteiger partial charge in [-0.25, -0.2) is 0 Å². The second-order valence-corrected chi connectivity index (χ2v) is 5.17. The fraction of sp³-hybridized carbons (Fsp3) is 1.00. The van der Waals surface area contributed by atoms with Gasteiger partial charge in [-0.1, -0.05) is 40.2 Å². The van der Waals surface area contributed by atoms with Gasteiger partial charge in [-0.15, -0.1) is 0 Å². The average molecular weight is 129 g/mol. The summed E-state index contributed by atoms with van der Waals surface area (Å²) in [4.78, 5) is 0. The van der Waals surface area contributed by atoms with E-state index in [2.05, 4.69) is 27.3 Å². The minimum atomic E-state index is 0.661. The summed E-state index contributed by atoms with van der Waals surface area (Å²) < 4.78 is 0. The third-order valence-electron chi connectivity index (χ3n) is 1.68. The molecule has 0 aromatic carbocycles. The van der Waals surface area contributed by atoms with E-state index < -0.39 is 0 Å². The molecule has 0 fully saturated rings. The summed E-state index contributed by atoms with van der Waals surface area (Å²) in [6.07, 6.45) is 2.74. The summed E-state index contributed by atoms with van der Waals surface area (Å²) in [6, 6.07) is 0. The molecule has 0 aromatic heterocycles. The summed E-state index contributed by atoms with van der Waals surface area (Å²) in [7, 11) is 0.661. The average Bonchev–Trinajstić information content (AvgIpc) is 1.67. The molecule has 0 amide bonds. The Labute approximate surface area is 55.5 Å². The summed E-state index contributed by atoms with van der Waals surface area (Å²) in [5.74, 6) is 0. The van der Waals surface area contributed by atoms with Crippen molar-refractivity contribution in [2.24, 2.45) is 0 Å². The van der Waals surface area contributed by atoms with Crippen molar-refractivity contribution in [3.63, 3.8) is 0 Å². The van der Waals surface area contributed by atoms with E-state index in [-0.39, 0.29) is 0 Å². The Balaban J connectivity index is 3.37. The Bertz CT molecular complexity index is 57.4. The van der Waals surface area contributed by atoms with Gasteiger partial charge < -0.3 is 0 Å². The second kappa shape index (κ2) is 3.28. The first-order chi connectivity index (χ1) is 3.62. The summed E-state index contributed by atoms with van der Waals surface area (Å²) in [5.41, 5.74) is 0. The molecule has 0 atom stereocenters. The molecular weight excluding hydrogens is 112 g/mol. The lowest BCUT2D eigenvalue weighted by Gasteiger charge is -2.20. The Hall–Kier alpha value is 0.217. The zero-order chi connectivity index (χ0) is 6.62. The van der Waals surface area contributed by atoms with Crippen LogP contribution in [0.25, 0.3) is 0 Å². The molecule has 0 bridgehead atoms. The van der Waals surface area contributed by atoms with Crippen LogP contribution in [-0.4, -0.2) is 9.52 Å². The number of hydrogen-bond acceptors (Lipinski definition) is 0. The Morgan fingerprint density at radius 2 is 1.88 bits per heavy atom. The highest BCUT2D eigenvalue weighted by molar-refractivity contribution is 6.37. The molecule has 0 aliphatic heterocycles. The van der Waals surface area contributed by atoms with Crippen molar-refractivity contribution < 1.29 is 0 Å². The van der Waals surface area contributed by atoms with Gasteiger partial charge in [-0.3, -0.25) is 0 Å². The Morgan fingerprint density at radius 3 is 2.00 bits per heavy atom. The smallest absolute Gasteiger partial charge is 0.0315 e. The van der Waals surface area contributed by atoms with Gasteiger partial charge in [-0.2, -0.15) is 0 Å². The molecule has 1 radical (unpaired) electrons. The molecular formula is C7H17Si. The van der Waals surface area contributed by atoms with Crippen molar-refractivity contribution in [3.8, 4) is 0 Å². The monoisotopic (exact) mass is 129 g/mol. The van der Waals surface area contributed by atoms with E-state index in [1.54, 1.807) is 0 Å². The van der Waals surface area contributed by atoms with Crippen LogP contribution in [0.15, 0.2) is 0 Å². The topological polar surface area (TPSA) is 0 Å². The van der Waals surface area contributed by atoms with Gasteiger partial charge in [0.15, 0.2) is 0 Å². The molecule has 1 heteroatoms. The zero-order valence-electron chi connectivity index (χ0n) is 6.49. The van der Waals surface area contributed by atoms with Crippen molar-refractivity contribution in [2.75, 3.05) is 0 Å². The highest BCUT2D eigenvalue weighted by Gasteiger charge is 2.12. The van der Waals surface area contributed by atoms with Gasteiger partial charge in [0.2, 0.25) is 0 Å². The van der Waals surface area contributed by atoms with Gasteiger partial charge in [0.1, 0.15) is 0 Å². The number of hydrogen-bond donors (Lipinski definition) is 0. The molecule has 0 saturated carbocycles. The summed E-state index contributed by atoms with van der Waals surface area (Å²) in [5, 5.41) is 0.675. The van der Waals surface area contributed by atoms with E-state index in [1.165, 1.54) is 12.8 Å². The highest BCUT2D eigenvalue weighted by atomic mass is 28.2. The summed E-state index contributed by atoms with van der Waals surface area (Å²) in [6.45, 7) is 9.34. The molecule has 0 aliphatic carbocycles. The van der Waals surface area contributed by atoms with Gasteiger partial charge in [0.05, 0.1) is 0 Å². The normalized spacial score (nSPS) is 12.0. The Morgan fingerprint density at radius 1 is 1.38 bits per heavy atom. The van der Waals surface area contributed by atoms with Crippen molar-refractivity contribution >= 4 is 9.52 Å². The van der Waals surface area contributed by atoms with Crippen LogP contribution in [-0.2, 0) is 0 Å². The maximum atomic E-state index is 2.37. The van der Waals surface area contributed by atoms with Gasteiger partial charge in [-0.05, 0) is 5.04 Å². The predicted octanol–water partition coefficient (Wildman–Crippen LogP) is 2.47. The first-order valence-corrected chi connectivity index (χ1v) is 5.16. The molecule has 49 valence electrons. The minimum Gasteiger partial charge on any atom is -0.0736 e. The van der Waals surface area contributed by atoms with E-state index in [4.69, 9.17) is 0 Å². The van der Waals surface area contributed by atoms with Crippen molar-refractivity contribution in [3.05, 3.63) is 0 Å². The van der Waals surface area contributed by atoms with E-state index in [0.29, 0.717) is 14.6 Å². The third kappa shape index (κ3) is 3.25. The van der Waals surface area contributed by atoms with E-state index in [9.17, 15) is 0 Å². The fourth-order valence-electron chi connectivity index (χ4n) is 0.789. The quantitative estimate of drug-likeness (QED) is 0.514. The van der Waals surface area contributed by atoms with Crippen LogP contribution >= 0.6 is 0 Å². The fourth-order valence-corrected chi connectivity index (χ4v) is 1.37. The molecule has 0 heterocycles. The molecule has 0 N–H and O–H groups in total. The lowest BCUT2D eigenvalue weighted by molar-refractivity contribution is 0.594.